The van der Waals surface area contributed by atoms with E-state index in [-0.39, 0.29) is 48.3 Å². The van der Waals surface area contributed by atoms with E-state index in [1.165, 1.54) is 11.8 Å². The lowest BCUT2D eigenvalue weighted by atomic mass is 9.94. The van der Waals surface area contributed by atoms with Crippen LogP contribution in [0.1, 0.15) is 121 Å². The molecule has 1 aliphatic heterocycles. The number of thioether (sulfide) groups is 1. The van der Waals surface area contributed by atoms with Crippen LogP contribution in [0.3, 0.4) is 0 Å². The molecule has 64 heavy (non-hydrogen) atoms. The predicted octanol–water partition coefficient (Wildman–Crippen LogP) is 1.03. The Balaban J connectivity index is 3.01. The number of carboxylic acids is 1. The van der Waals surface area contributed by atoms with Crippen LogP contribution in [-0.2, 0) is 43.2 Å². The molecule has 0 bridgehead atoms. The molecule has 19 nitrogen and oxygen atoms in total. The number of carbonyl (C=O) groups excluding carboxylic acids is 8. The van der Waals surface area contributed by atoms with Gasteiger partial charge in [0.05, 0.1) is 12.6 Å². The minimum Gasteiger partial charge on any atom is -0.480 e. The van der Waals surface area contributed by atoms with Crippen LogP contribution in [0.25, 0.3) is 0 Å². The van der Waals surface area contributed by atoms with Crippen molar-refractivity contribution in [1.82, 2.24) is 42.1 Å². The molecule has 1 rings (SSSR count). The number of nitrogens with one attached hydrogen (secondary N) is 7. The largest absolute Gasteiger partial charge is 0.480 e. The number of aliphatic carboxylic acids is 1. The van der Waals surface area contributed by atoms with Crippen LogP contribution in [0.2, 0.25) is 0 Å². The summed E-state index contributed by atoms with van der Waals surface area (Å²) in [7, 11) is 0. The number of nitrogens with zero attached hydrogens (tertiary/aromatic N) is 1. The molecule has 0 saturated carbocycles. The molecule has 1 heterocycles. The van der Waals surface area contributed by atoms with Crippen LogP contribution >= 0.6 is 11.8 Å². The maximum atomic E-state index is 13.8. The minimum atomic E-state index is -1.19. The summed E-state index contributed by atoms with van der Waals surface area (Å²) in [4.78, 5) is 121. The summed E-state index contributed by atoms with van der Waals surface area (Å²) in [6.07, 6.45) is 4.77. The highest BCUT2D eigenvalue weighted by Gasteiger charge is 2.39. The van der Waals surface area contributed by atoms with Gasteiger partial charge >= 0.3 is 5.97 Å². The third kappa shape index (κ3) is 18.9. The van der Waals surface area contributed by atoms with Crippen LogP contribution in [-0.4, -0.2) is 137 Å². The fourth-order valence-corrected chi connectivity index (χ4v) is 7.65. The van der Waals surface area contributed by atoms with Gasteiger partial charge in [0.2, 0.25) is 47.3 Å². The second-order valence-corrected chi connectivity index (χ2v) is 19.3. The van der Waals surface area contributed by atoms with Crippen LogP contribution in [0, 0.1) is 29.6 Å². The van der Waals surface area contributed by atoms with E-state index >= 15 is 0 Å². The first-order valence-electron chi connectivity index (χ1n) is 22.8. The Hall–Kier alpha value is -4.46. The third-order valence-corrected chi connectivity index (χ3v) is 12.1. The van der Waals surface area contributed by atoms with Crippen molar-refractivity contribution in [2.45, 2.75) is 169 Å². The van der Waals surface area contributed by atoms with E-state index in [0.717, 1.165) is 0 Å². The van der Waals surface area contributed by atoms with Crippen LogP contribution < -0.4 is 43.0 Å². The minimum absolute atomic E-state index is 0.0797. The van der Waals surface area contributed by atoms with Crippen LogP contribution in [0.4, 0.5) is 0 Å². The van der Waals surface area contributed by atoms with Crippen molar-refractivity contribution in [3.05, 3.63) is 0 Å². The molecular formula is C44H79N9O10S. The Kier molecular flexibility index (Phi) is 25.6. The standard InChI is InChI=1S/C44H79N9O10S/c1-13-26(9)35(42(60)52-36(44(62)63)27(10)14-2)51-39(57)31(21-24(5)6)49-38(56)30(20-23(3)4)48-33(54)22-46-37(55)28(11)47-41(59)34(25(7)8)50-40(58)32-16-15-18-53(32)43(61)29(45)17-19-64-12/h23-32,34-36H,13-22,45H2,1-12H3,(H,46,55)(H,47,59)(H,48,54)(H,49,56)(H,50,58)(H,51,57)(H,52,60)(H,62,63)/t26-,27-,28-,29-,30-,31-,32-,34-,35-,36-/m0/s1. The topological polar surface area (TPSA) is 287 Å². The monoisotopic (exact) mass is 926 g/mol. The second kappa shape index (κ2) is 28.4. The van der Waals surface area contributed by atoms with Gasteiger partial charge in [0, 0.05) is 6.54 Å². The number of nitrogens with two attached hydrogens (primary N) is 1. The lowest BCUT2D eigenvalue weighted by Gasteiger charge is -2.30. The maximum Gasteiger partial charge on any atom is 0.326 e. The molecule has 0 unspecified atom stereocenters. The SMILES string of the molecule is CC[C@H](C)[C@H](NC(=O)[C@@H](NC(=O)[C@H](CC(C)C)NC(=O)[C@H](CC(C)C)NC(=O)CNC(=O)[C@H](C)NC(=O)[C@@H](NC(=O)[C@@H]1CCCN1C(=O)[C@@H](N)CCSC)C(C)C)[C@@H](C)CC)C(=O)O. The molecule has 0 aliphatic carbocycles. The van der Waals surface area contributed by atoms with Crippen molar-refractivity contribution in [2.75, 3.05) is 25.1 Å². The van der Waals surface area contributed by atoms with Gasteiger partial charge in [-0.15, -0.1) is 0 Å². The molecule has 8 amide bonds. The highest BCUT2D eigenvalue weighted by atomic mass is 32.2. The predicted molar refractivity (Wildman–Crippen MR) is 246 cm³/mol. The molecule has 0 aromatic heterocycles. The lowest BCUT2D eigenvalue weighted by Crippen LogP contribution is -2.60. The number of carboxylic acid groups (broad SMARTS) is 1. The van der Waals surface area contributed by atoms with E-state index in [2.05, 4.69) is 37.2 Å². The Morgan fingerprint density at radius 1 is 0.672 bits per heavy atom. The van der Waals surface area contributed by atoms with Crippen molar-refractivity contribution < 1.29 is 48.3 Å². The summed E-state index contributed by atoms with van der Waals surface area (Å²) in [5, 5.41) is 28.3. The van der Waals surface area contributed by atoms with E-state index in [4.69, 9.17) is 5.73 Å². The second-order valence-electron chi connectivity index (χ2n) is 18.3. The Morgan fingerprint density at radius 2 is 1.19 bits per heavy atom. The third-order valence-electron chi connectivity index (χ3n) is 11.5. The summed E-state index contributed by atoms with van der Waals surface area (Å²) in [5.74, 6) is -6.61. The molecule has 0 spiro atoms. The van der Waals surface area contributed by atoms with Gasteiger partial charge in [-0.3, -0.25) is 38.4 Å². The normalized spacial score (nSPS) is 18.1. The first kappa shape index (κ1) is 57.6. The van der Waals surface area contributed by atoms with Crippen LogP contribution in [0.5, 0.6) is 0 Å². The average molecular weight is 926 g/mol. The highest BCUT2D eigenvalue weighted by molar-refractivity contribution is 7.98. The number of likely N-dealkylation sites (tertiary alicyclic amines) is 1. The van der Waals surface area contributed by atoms with Gasteiger partial charge in [0.1, 0.15) is 42.3 Å². The lowest BCUT2D eigenvalue weighted by molar-refractivity contribution is -0.144. The zero-order chi connectivity index (χ0) is 49.0. The molecule has 10 atom stereocenters. The van der Waals surface area contributed by atoms with Gasteiger partial charge < -0.3 is 53.0 Å². The molecule has 0 aromatic rings. The molecule has 0 aromatic carbocycles. The Labute approximate surface area is 384 Å². The van der Waals surface area contributed by atoms with Gasteiger partial charge in [-0.05, 0) is 80.6 Å². The quantitative estimate of drug-likeness (QED) is 0.0532. The molecule has 1 fully saturated rings. The van der Waals surface area contributed by atoms with Crippen molar-refractivity contribution in [3.63, 3.8) is 0 Å². The van der Waals surface area contributed by atoms with Gasteiger partial charge in [-0.25, -0.2) is 4.79 Å². The maximum absolute atomic E-state index is 13.8. The summed E-state index contributed by atoms with van der Waals surface area (Å²) >= 11 is 1.57. The first-order chi connectivity index (χ1) is 29.9. The van der Waals surface area contributed by atoms with E-state index in [1.54, 1.807) is 39.5 Å². The summed E-state index contributed by atoms with van der Waals surface area (Å²) in [6, 6.07) is -8.17. The van der Waals surface area contributed by atoms with E-state index in [1.807, 2.05) is 47.8 Å². The molecule has 20 heteroatoms. The van der Waals surface area contributed by atoms with Gasteiger partial charge in [0.25, 0.3) is 0 Å². The van der Waals surface area contributed by atoms with Gasteiger partial charge in [-0.2, -0.15) is 11.8 Å². The summed E-state index contributed by atoms with van der Waals surface area (Å²) < 4.78 is 0. The summed E-state index contributed by atoms with van der Waals surface area (Å²) in [5.41, 5.74) is 6.11. The van der Waals surface area contributed by atoms with Crippen molar-refractivity contribution in [1.29, 1.82) is 0 Å². The van der Waals surface area contributed by atoms with Gasteiger partial charge in [0.15, 0.2) is 0 Å². The highest BCUT2D eigenvalue weighted by Crippen LogP contribution is 2.20. The fraction of sp³-hybridized carbons (Fsp3) is 0.795. The number of hydrogen-bond acceptors (Lipinski definition) is 11. The molecule has 366 valence electrons. The smallest absolute Gasteiger partial charge is 0.326 e. The Morgan fingerprint density at radius 3 is 1.70 bits per heavy atom. The number of carbonyl (C=O) groups is 9. The van der Waals surface area contributed by atoms with Crippen molar-refractivity contribution in [2.24, 2.45) is 35.3 Å². The fourth-order valence-electron chi connectivity index (χ4n) is 7.16. The molecule has 0 radical (unpaired) electrons. The Bertz CT molecular complexity index is 1600. The van der Waals surface area contributed by atoms with E-state index in [0.29, 0.717) is 44.4 Å². The van der Waals surface area contributed by atoms with E-state index in [9.17, 15) is 48.3 Å². The van der Waals surface area contributed by atoms with Crippen molar-refractivity contribution in [3.8, 4) is 0 Å². The van der Waals surface area contributed by atoms with Crippen molar-refractivity contribution >= 4 is 65.0 Å². The number of hydrogen-bond donors (Lipinski definition) is 9. The number of amides is 8. The number of rotatable bonds is 28. The molecule has 1 saturated heterocycles. The summed E-state index contributed by atoms with van der Waals surface area (Å²) in [6.45, 7) is 19.2. The van der Waals surface area contributed by atoms with Gasteiger partial charge in [-0.1, -0.05) is 82.1 Å². The van der Waals surface area contributed by atoms with Crippen LogP contribution in [0.15, 0.2) is 0 Å². The molecular weight excluding hydrogens is 847 g/mol. The van der Waals surface area contributed by atoms with E-state index < -0.39 is 102 Å². The zero-order valence-corrected chi connectivity index (χ0v) is 40.9. The molecule has 10 N–H and O–H groups in total. The zero-order valence-electron chi connectivity index (χ0n) is 40.1. The average Bonchev–Trinajstić information content (AvgIpc) is 3.72. The first-order valence-corrected chi connectivity index (χ1v) is 24.2. The molecule has 1 aliphatic rings.